The number of nitrogens with one attached hydrogen (secondary N) is 2. The summed E-state index contributed by atoms with van der Waals surface area (Å²) in [6.07, 6.45) is 0. The number of halogens is 1. The highest BCUT2D eigenvalue weighted by molar-refractivity contribution is 7.98. The van der Waals surface area contributed by atoms with Crippen LogP contribution in [0.5, 0.6) is 5.75 Å². The fourth-order valence-corrected chi connectivity index (χ4v) is 3.99. The molecule has 1 amide bonds. The van der Waals surface area contributed by atoms with Gasteiger partial charge in [0.15, 0.2) is 0 Å². The second-order valence-corrected chi connectivity index (χ2v) is 8.13. The molecule has 6 nitrogen and oxygen atoms in total. The van der Waals surface area contributed by atoms with E-state index < -0.39 is 0 Å². The molecule has 0 unspecified atom stereocenters. The molecule has 1 aromatic heterocycles. The van der Waals surface area contributed by atoms with Crippen LogP contribution in [0.15, 0.2) is 76.4 Å². The number of methoxy groups -OCH3 is 1. The lowest BCUT2D eigenvalue weighted by Gasteiger charge is -2.10. The number of para-hydroxylation sites is 2. The number of thioether (sulfide) groups is 1. The molecule has 2 N–H and O–H groups in total. The number of aromatic nitrogens is 2. The zero-order chi connectivity index (χ0) is 21.8. The molecule has 0 aliphatic carbocycles. The first-order valence-electron chi connectivity index (χ1n) is 9.39. The normalized spacial score (nSPS) is 10.8. The van der Waals surface area contributed by atoms with E-state index in [2.05, 4.69) is 15.3 Å². The quantitative estimate of drug-likeness (QED) is 0.397. The van der Waals surface area contributed by atoms with Gasteiger partial charge in [-0.3, -0.25) is 9.59 Å². The third-order valence-electron chi connectivity index (χ3n) is 4.57. The molecule has 3 aromatic carbocycles. The van der Waals surface area contributed by atoms with Crippen LogP contribution in [0, 0.1) is 0 Å². The summed E-state index contributed by atoms with van der Waals surface area (Å²) < 4.78 is 5.23. The summed E-state index contributed by atoms with van der Waals surface area (Å²) >= 11 is 7.45. The summed E-state index contributed by atoms with van der Waals surface area (Å²) in [7, 11) is 1.49. The molecule has 156 valence electrons. The molecule has 0 saturated heterocycles. The second-order valence-electron chi connectivity index (χ2n) is 6.64. The number of rotatable bonds is 6. The van der Waals surface area contributed by atoms with Gasteiger partial charge in [0.2, 0.25) is 0 Å². The molecule has 8 heteroatoms. The third-order valence-corrected chi connectivity index (χ3v) is 5.82. The second kappa shape index (κ2) is 9.24. The van der Waals surface area contributed by atoms with Crippen LogP contribution >= 0.6 is 23.4 Å². The van der Waals surface area contributed by atoms with Gasteiger partial charge in [-0.2, -0.15) is 0 Å². The highest BCUT2D eigenvalue weighted by atomic mass is 35.5. The van der Waals surface area contributed by atoms with Gasteiger partial charge in [-0.25, -0.2) is 4.98 Å². The Balaban J connectivity index is 1.42. The fraction of sp³-hybridized carbons (Fsp3) is 0.0870. The summed E-state index contributed by atoms with van der Waals surface area (Å²) in [6.45, 7) is 0. The Morgan fingerprint density at radius 3 is 2.68 bits per heavy atom. The van der Waals surface area contributed by atoms with E-state index in [1.807, 2.05) is 36.4 Å². The molecule has 0 atom stereocenters. The van der Waals surface area contributed by atoms with Crippen molar-refractivity contribution in [2.24, 2.45) is 0 Å². The fourth-order valence-electron chi connectivity index (χ4n) is 3.00. The van der Waals surface area contributed by atoms with Crippen LogP contribution in [0.2, 0.25) is 5.02 Å². The molecule has 4 rings (SSSR count). The van der Waals surface area contributed by atoms with Crippen molar-refractivity contribution in [1.29, 1.82) is 0 Å². The summed E-state index contributed by atoms with van der Waals surface area (Å²) in [5.41, 5.74) is 2.80. The third kappa shape index (κ3) is 4.90. The molecule has 0 aliphatic rings. The van der Waals surface area contributed by atoms with Gasteiger partial charge in [-0.15, -0.1) is 11.8 Å². The average molecular weight is 452 g/mol. The Hall–Kier alpha value is -3.29. The van der Waals surface area contributed by atoms with E-state index in [4.69, 9.17) is 16.3 Å². The average Bonchev–Trinajstić information content (AvgIpc) is 2.78. The highest BCUT2D eigenvalue weighted by Crippen LogP contribution is 2.26. The summed E-state index contributed by atoms with van der Waals surface area (Å²) in [6, 6.07) is 19.7. The number of nitrogens with zero attached hydrogens (tertiary/aromatic N) is 1. The number of anilines is 1. The number of H-pyrrole nitrogens is 1. The Morgan fingerprint density at radius 2 is 1.90 bits per heavy atom. The number of fused-ring (bicyclic) bond motifs is 1. The van der Waals surface area contributed by atoms with Gasteiger partial charge in [0, 0.05) is 21.4 Å². The van der Waals surface area contributed by atoms with Gasteiger partial charge in [0.25, 0.3) is 11.5 Å². The number of benzene rings is 3. The van der Waals surface area contributed by atoms with Gasteiger partial charge >= 0.3 is 0 Å². The van der Waals surface area contributed by atoms with Crippen LogP contribution in [0.4, 0.5) is 5.69 Å². The number of carbonyl (C=O) groups excluding carboxylic acids is 1. The molecule has 4 aromatic rings. The van der Waals surface area contributed by atoms with Crippen LogP contribution in [-0.4, -0.2) is 23.0 Å². The maximum absolute atomic E-state index is 12.6. The number of amides is 1. The van der Waals surface area contributed by atoms with Crippen LogP contribution in [0.1, 0.15) is 16.1 Å². The van der Waals surface area contributed by atoms with E-state index in [9.17, 15) is 9.59 Å². The van der Waals surface area contributed by atoms with Gasteiger partial charge in [-0.05, 0) is 54.6 Å². The number of aromatic amines is 1. The first kappa shape index (κ1) is 21.0. The zero-order valence-electron chi connectivity index (χ0n) is 16.5. The number of ether oxygens (including phenoxy) is 1. The summed E-state index contributed by atoms with van der Waals surface area (Å²) in [5, 5.41) is 3.34. The number of carbonyl (C=O) groups is 1. The zero-order valence-corrected chi connectivity index (χ0v) is 18.1. The van der Waals surface area contributed by atoms with Gasteiger partial charge in [-0.1, -0.05) is 23.7 Å². The van der Waals surface area contributed by atoms with Crippen molar-refractivity contribution in [1.82, 2.24) is 9.97 Å². The van der Waals surface area contributed by atoms with Gasteiger partial charge < -0.3 is 15.0 Å². The SMILES string of the molecule is COc1cc(Cl)ccc1C(=O)Nc1ccc(SCc2nc3ccccc3[nH]c2=O)cc1. The first-order chi connectivity index (χ1) is 15.0. The van der Waals surface area contributed by atoms with E-state index >= 15 is 0 Å². The van der Waals surface area contributed by atoms with Crippen LogP contribution < -0.4 is 15.6 Å². The van der Waals surface area contributed by atoms with E-state index in [-0.39, 0.29) is 11.5 Å². The lowest BCUT2D eigenvalue weighted by Crippen LogP contribution is -2.14. The van der Waals surface area contributed by atoms with E-state index in [0.29, 0.717) is 33.5 Å². The van der Waals surface area contributed by atoms with Crippen molar-refractivity contribution in [3.63, 3.8) is 0 Å². The van der Waals surface area contributed by atoms with Crippen molar-refractivity contribution in [3.05, 3.63) is 93.4 Å². The van der Waals surface area contributed by atoms with E-state index in [0.717, 1.165) is 15.9 Å². The van der Waals surface area contributed by atoms with Crippen LogP contribution in [0.25, 0.3) is 11.0 Å². The van der Waals surface area contributed by atoms with Crippen molar-refractivity contribution in [2.75, 3.05) is 12.4 Å². The molecule has 0 bridgehead atoms. The molecular weight excluding hydrogens is 434 g/mol. The first-order valence-corrected chi connectivity index (χ1v) is 10.8. The van der Waals surface area contributed by atoms with Gasteiger partial charge in [0.1, 0.15) is 11.4 Å². The molecule has 1 heterocycles. The molecule has 31 heavy (non-hydrogen) atoms. The standard InChI is InChI=1S/C23H18ClN3O3S/c1-30-21-12-14(24)6-11-17(21)22(28)25-15-7-9-16(10-8-15)31-13-20-23(29)27-19-5-3-2-4-18(19)26-20/h2-12H,13H2,1H3,(H,25,28)(H,27,29). The van der Waals surface area contributed by atoms with E-state index in [1.54, 1.807) is 30.3 Å². The predicted molar refractivity (Wildman–Crippen MR) is 124 cm³/mol. The number of hydrogen-bond acceptors (Lipinski definition) is 5. The lowest BCUT2D eigenvalue weighted by atomic mass is 10.2. The minimum atomic E-state index is -0.291. The Bertz CT molecular complexity index is 1310. The summed E-state index contributed by atoms with van der Waals surface area (Å²) in [4.78, 5) is 33.1. The van der Waals surface area contributed by atoms with Crippen molar-refractivity contribution in [2.45, 2.75) is 10.6 Å². The Kier molecular flexibility index (Phi) is 6.25. The monoisotopic (exact) mass is 451 g/mol. The van der Waals surface area contributed by atoms with Crippen LogP contribution in [-0.2, 0) is 5.75 Å². The molecule has 0 saturated carbocycles. The topological polar surface area (TPSA) is 84.1 Å². The van der Waals surface area contributed by atoms with Crippen LogP contribution in [0.3, 0.4) is 0 Å². The largest absolute Gasteiger partial charge is 0.496 e. The molecule has 0 radical (unpaired) electrons. The predicted octanol–water partition coefficient (Wildman–Crippen LogP) is 5.13. The van der Waals surface area contributed by atoms with Crippen molar-refractivity contribution in [3.8, 4) is 5.75 Å². The minimum absolute atomic E-state index is 0.188. The highest BCUT2D eigenvalue weighted by Gasteiger charge is 2.13. The number of hydrogen-bond donors (Lipinski definition) is 2. The lowest BCUT2D eigenvalue weighted by molar-refractivity contribution is 0.102. The maximum atomic E-state index is 12.6. The van der Waals surface area contributed by atoms with Crippen molar-refractivity contribution >= 4 is 46.0 Å². The Morgan fingerprint density at radius 1 is 1.13 bits per heavy atom. The van der Waals surface area contributed by atoms with Gasteiger partial charge in [0.05, 0.1) is 23.7 Å². The molecular formula is C23H18ClN3O3S. The van der Waals surface area contributed by atoms with Crippen molar-refractivity contribution < 1.29 is 9.53 Å². The molecule has 0 aliphatic heterocycles. The smallest absolute Gasteiger partial charge is 0.271 e. The summed E-state index contributed by atoms with van der Waals surface area (Å²) in [5.74, 6) is 0.555. The maximum Gasteiger partial charge on any atom is 0.271 e. The van der Waals surface area contributed by atoms with E-state index in [1.165, 1.54) is 18.9 Å². The Labute approximate surface area is 187 Å². The molecule has 0 spiro atoms. The molecule has 0 fully saturated rings. The minimum Gasteiger partial charge on any atom is -0.496 e.